The summed E-state index contributed by atoms with van der Waals surface area (Å²) in [7, 11) is 0.470. The van der Waals surface area contributed by atoms with E-state index in [4.69, 9.17) is 30.5 Å². The second-order valence-corrected chi connectivity index (χ2v) is 16.3. The molecule has 0 bridgehead atoms. The first-order valence-corrected chi connectivity index (χ1v) is 16.4. The van der Waals surface area contributed by atoms with Gasteiger partial charge in [0.1, 0.15) is 13.4 Å². The van der Waals surface area contributed by atoms with Crippen LogP contribution >= 0.6 is 11.6 Å². The van der Waals surface area contributed by atoms with E-state index in [2.05, 4.69) is 24.7 Å². The number of ether oxygens (including phenoxy) is 4. The molecule has 198 valence electrons. The van der Waals surface area contributed by atoms with Gasteiger partial charge in [-0.2, -0.15) is 5.10 Å². The highest BCUT2D eigenvalue weighted by molar-refractivity contribution is 6.76. The summed E-state index contributed by atoms with van der Waals surface area (Å²) in [6.45, 7) is 10.6. The van der Waals surface area contributed by atoms with Crippen LogP contribution in [0.1, 0.15) is 23.0 Å². The second kappa shape index (κ2) is 11.7. The Morgan fingerprint density at radius 2 is 1.81 bits per heavy atom. The maximum atomic E-state index is 13.2. The average Bonchev–Trinajstić information content (AvgIpc) is 3.41. The molecule has 1 amide bonds. The lowest BCUT2D eigenvalue weighted by Crippen LogP contribution is -2.24. The molecule has 0 saturated carbocycles. The highest BCUT2D eigenvalue weighted by atomic mass is 35.5. The minimum Gasteiger partial charge on any atom is -0.493 e. The van der Waals surface area contributed by atoms with Gasteiger partial charge in [-0.3, -0.25) is 4.79 Å². The number of hydrogen-bond acceptors (Lipinski definition) is 6. The van der Waals surface area contributed by atoms with Gasteiger partial charge in [-0.1, -0.05) is 31.2 Å². The fourth-order valence-electron chi connectivity index (χ4n) is 3.81. The molecule has 37 heavy (non-hydrogen) atoms. The van der Waals surface area contributed by atoms with Crippen molar-refractivity contribution in [3.05, 3.63) is 64.9 Å². The van der Waals surface area contributed by atoms with Crippen molar-refractivity contribution >= 4 is 31.3 Å². The number of methoxy groups -OCH3 is 1. The van der Waals surface area contributed by atoms with Crippen LogP contribution in [-0.4, -0.2) is 57.0 Å². The standard InChI is InChI=1S/C27H34ClN3O5Si/c1-19(36-18-34-12-13-37(3,4)5)17-35-25-11-10-22(14-26(25)33-2)30-16-24-23(27(30)32)15-31(29-24)21-8-6-20(28)7-9-21/h6-11,14-15,19H,12-13,16-18H2,1-5H3. The number of benzene rings is 2. The van der Waals surface area contributed by atoms with Gasteiger partial charge in [0.05, 0.1) is 36.7 Å². The molecule has 1 aliphatic heterocycles. The van der Waals surface area contributed by atoms with Crippen LogP contribution in [-0.2, 0) is 16.0 Å². The Labute approximate surface area is 224 Å². The van der Waals surface area contributed by atoms with Gasteiger partial charge >= 0.3 is 0 Å². The summed E-state index contributed by atoms with van der Waals surface area (Å²) < 4.78 is 24.5. The summed E-state index contributed by atoms with van der Waals surface area (Å²) in [5, 5.41) is 5.26. The lowest BCUT2D eigenvalue weighted by Gasteiger charge is -2.20. The van der Waals surface area contributed by atoms with Crippen LogP contribution in [0.25, 0.3) is 5.69 Å². The number of rotatable bonds is 12. The molecule has 0 saturated heterocycles. The zero-order valence-corrected chi connectivity index (χ0v) is 23.7. The topological polar surface area (TPSA) is 75.1 Å². The maximum Gasteiger partial charge on any atom is 0.262 e. The summed E-state index contributed by atoms with van der Waals surface area (Å²) in [4.78, 5) is 14.8. The van der Waals surface area contributed by atoms with Crippen molar-refractivity contribution in [2.75, 3.05) is 32.0 Å². The van der Waals surface area contributed by atoms with E-state index in [1.807, 2.05) is 31.2 Å². The van der Waals surface area contributed by atoms with Crippen LogP contribution < -0.4 is 14.4 Å². The van der Waals surface area contributed by atoms with E-state index >= 15 is 0 Å². The first-order valence-electron chi connectivity index (χ1n) is 12.3. The van der Waals surface area contributed by atoms with Crippen LogP contribution in [0, 0.1) is 0 Å². The predicted octanol–water partition coefficient (Wildman–Crippen LogP) is 5.79. The molecule has 4 rings (SSSR count). The number of amides is 1. The van der Waals surface area contributed by atoms with E-state index in [0.29, 0.717) is 40.9 Å². The zero-order chi connectivity index (χ0) is 26.6. The van der Waals surface area contributed by atoms with Gasteiger partial charge < -0.3 is 23.8 Å². The largest absolute Gasteiger partial charge is 0.493 e. The molecule has 8 nitrogen and oxygen atoms in total. The van der Waals surface area contributed by atoms with Crippen LogP contribution in [0.4, 0.5) is 5.69 Å². The Morgan fingerprint density at radius 3 is 2.49 bits per heavy atom. The summed E-state index contributed by atoms with van der Waals surface area (Å²) in [5.41, 5.74) is 2.85. The van der Waals surface area contributed by atoms with E-state index in [0.717, 1.165) is 24.0 Å². The summed E-state index contributed by atoms with van der Waals surface area (Å²) in [6, 6.07) is 13.9. The third-order valence-electron chi connectivity index (χ3n) is 6.03. The first kappa shape index (κ1) is 27.2. The summed E-state index contributed by atoms with van der Waals surface area (Å²) in [5.74, 6) is 1.01. The molecule has 1 atom stereocenters. The number of carbonyl (C=O) groups excluding carboxylic acids is 1. The quantitative estimate of drug-likeness (QED) is 0.163. The van der Waals surface area contributed by atoms with Crippen LogP contribution in [0.3, 0.4) is 0 Å². The highest BCUT2D eigenvalue weighted by Crippen LogP contribution is 2.35. The number of halogens is 1. The molecular weight excluding hydrogens is 510 g/mol. The predicted molar refractivity (Wildman–Crippen MR) is 147 cm³/mol. The van der Waals surface area contributed by atoms with Crippen LogP contribution in [0.2, 0.25) is 30.7 Å². The molecule has 0 fully saturated rings. The average molecular weight is 544 g/mol. The summed E-state index contributed by atoms with van der Waals surface area (Å²) >= 11 is 5.98. The van der Waals surface area contributed by atoms with Crippen LogP contribution in [0.5, 0.6) is 11.5 Å². The van der Waals surface area contributed by atoms with Gasteiger partial charge in [-0.15, -0.1) is 0 Å². The van der Waals surface area contributed by atoms with Crippen molar-refractivity contribution in [3.63, 3.8) is 0 Å². The Kier molecular flexibility index (Phi) is 8.59. The SMILES string of the molecule is COc1cc(N2Cc3nn(-c4ccc(Cl)cc4)cc3C2=O)ccc1OCC(C)OCOCC[Si](C)(C)C. The van der Waals surface area contributed by atoms with E-state index in [-0.39, 0.29) is 18.8 Å². The van der Waals surface area contributed by atoms with Gasteiger partial charge in [0, 0.05) is 37.7 Å². The van der Waals surface area contributed by atoms with Gasteiger partial charge in [0.15, 0.2) is 11.5 Å². The molecule has 0 N–H and O–H groups in total. The van der Waals surface area contributed by atoms with Crippen molar-refractivity contribution in [3.8, 4) is 17.2 Å². The third kappa shape index (κ3) is 6.92. The smallest absolute Gasteiger partial charge is 0.262 e. The van der Waals surface area contributed by atoms with E-state index in [1.165, 1.54) is 0 Å². The molecule has 0 spiro atoms. The molecule has 3 aromatic rings. The van der Waals surface area contributed by atoms with Crippen LogP contribution in [0.15, 0.2) is 48.7 Å². The highest BCUT2D eigenvalue weighted by Gasteiger charge is 2.32. The number of aromatic nitrogens is 2. The minimum atomic E-state index is -1.11. The molecule has 1 aliphatic rings. The van der Waals surface area contributed by atoms with Crippen molar-refractivity contribution in [1.29, 1.82) is 0 Å². The van der Waals surface area contributed by atoms with E-state index in [1.54, 1.807) is 41.1 Å². The van der Waals surface area contributed by atoms with E-state index in [9.17, 15) is 4.79 Å². The Balaban J connectivity index is 1.33. The number of fused-ring (bicyclic) bond motifs is 1. The Morgan fingerprint density at radius 1 is 1.08 bits per heavy atom. The minimum absolute atomic E-state index is 0.109. The van der Waals surface area contributed by atoms with Gasteiger partial charge in [0.25, 0.3) is 5.91 Å². The fourth-order valence-corrected chi connectivity index (χ4v) is 4.69. The Bertz CT molecular complexity index is 1230. The zero-order valence-electron chi connectivity index (χ0n) is 22.0. The lowest BCUT2D eigenvalue weighted by molar-refractivity contribution is -0.0904. The van der Waals surface area contributed by atoms with Gasteiger partial charge in [-0.05, 0) is 49.4 Å². The first-order chi connectivity index (χ1) is 17.6. The third-order valence-corrected chi connectivity index (χ3v) is 7.99. The fraction of sp³-hybridized carbons (Fsp3) is 0.407. The number of carbonyl (C=O) groups is 1. The molecule has 0 radical (unpaired) electrons. The van der Waals surface area contributed by atoms with Gasteiger partial charge in [0.2, 0.25) is 0 Å². The number of nitrogens with zero attached hydrogens (tertiary/aromatic N) is 3. The molecule has 1 aromatic heterocycles. The normalized spacial score (nSPS) is 14.1. The summed E-state index contributed by atoms with van der Waals surface area (Å²) in [6.07, 6.45) is 1.61. The van der Waals surface area contributed by atoms with Crippen molar-refractivity contribution in [1.82, 2.24) is 9.78 Å². The lowest BCUT2D eigenvalue weighted by atomic mass is 10.2. The molecule has 10 heteroatoms. The van der Waals surface area contributed by atoms with Gasteiger partial charge in [-0.25, -0.2) is 4.68 Å². The molecular formula is C27H34ClN3O5Si. The van der Waals surface area contributed by atoms with Crippen molar-refractivity contribution in [2.45, 2.75) is 45.3 Å². The molecule has 2 aromatic carbocycles. The Hall–Kier alpha value is -2.85. The van der Waals surface area contributed by atoms with Crippen molar-refractivity contribution < 1.29 is 23.7 Å². The van der Waals surface area contributed by atoms with Crippen molar-refractivity contribution in [2.24, 2.45) is 0 Å². The number of hydrogen-bond donors (Lipinski definition) is 0. The maximum absolute atomic E-state index is 13.2. The second-order valence-electron chi connectivity index (χ2n) is 10.3. The number of anilines is 1. The molecule has 0 aliphatic carbocycles. The monoisotopic (exact) mass is 543 g/mol. The molecule has 1 unspecified atom stereocenters. The molecule has 2 heterocycles. The van der Waals surface area contributed by atoms with E-state index < -0.39 is 8.07 Å².